The molecule has 26 heavy (non-hydrogen) atoms. The third-order valence-corrected chi connectivity index (χ3v) is 5.02. The summed E-state index contributed by atoms with van der Waals surface area (Å²) in [5, 5.41) is 0. The molecule has 1 aliphatic heterocycles. The molecule has 0 saturated carbocycles. The van der Waals surface area contributed by atoms with E-state index in [2.05, 4.69) is 59.2 Å². The average molecular weight is 351 g/mol. The van der Waals surface area contributed by atoms with Gasteiger partial charge in [0.2, 0.25) is 5.91 Å². The molecule has 4 nitrogen and oxygen atoms in total. The van der Waals surface area contributed by atoms with E-state index in [0.717, 1.165) is 51.4 Å². The molecule has 138 valence electrons. The van der Waals surface area contributed by atoms with E-state index in [9.17, 15) is 4.79 Å². The van der Waals surface area contributed by atoms with Gasteiger partial charge in [-0.2, -0.15) is 0 Å². The zero-order valence-corrected chi connectivity index (χ0v) is 15.7. The molecule has 0 unspecified atom stereocenters. The number of anilines is 1. The highest BCUT2D eigenvalue weighted by molar-refractivity contribution is 5.81. The second-order valence-electron chi connectivity index (χ2n) is 6.85. The standard InChI is InChI=1S/C22H29N3O/c1-2-24(21-12-7-4-8-13-21)19-22(26)25-15-9-14-23(16-17-25)18-20-10-5-3-6-11-20/h3-8,10-13H,2,9,14-19H2,1H3. The van der Waals surface area contributed by atoms with E-state index in [4.69, 9.17) is 0 Å². The van der Waals surface area contributed by atoms with Crippen LogP contribution in [0.15, 0.2) is 60.7 Å². The minimum atomic E-state index is 0.234. The van der Waals surface area contributed by atoms with Crippen LogP contribution in [0.4, 0.5) is 5.69 Å². The maximum Gasteiger partial charge on any atom is 0.242 e. The van der Waals surface area contributed by atoms with Crippen molar-refractivity contribution < 1.29 is 4.79 Å². The Labute approximate surface area is 157 Å². The van der Waals surface area contributed by atoms with E-state index in [0.29, 0.717) is 6.54 Å². The SMILES string of the molecule is CCN(CC(=O)N1CCCN(Cc2ccccc2)CC1)c1ccccc1. The first kappa shape index (κ1) is 18.5. The number of carbonyl (C=O) groups excluding carboxylic acids is 1. The molecular weight excluding hydrogens is 322 g/mol. The van der Waals surface area contributed by atoms with Crippen LogP contribution >= 0.6 is 0 Å². The van der Waals surface area contributed by atoms with Crippen molar-refractivity contribution in [3.05, 3.63) is 66.2 Å². The van der Waals surface area contributed by atoms with E-state index >= 15 is 0 Å². The molecule has 1 heterocycles. The Morgan fingerprint density at radius 3 is 2.31 bits per heavy atom. The summed E-state index contributed by atoms with van der Waals surface area (Å²) in [7, 11) is 0. The molecule has 1 amide bonds. The van der Waals surface area contributed by atoms with Gasteiger partial charge in [0.15, 0.2) is 0 Å². The number of likely N-dealkylation sites (N-methyl/N-ethyl adjacent to an activating group) is 1. The van der Waals surface area contributed by atoms with E-state index in [1.165, 1.54) is 5.56 Å². The van der Waals surface area contributed by atoms with Gasteiger partial charge in [0.05, 0.1) is 6.54 Å². The number of hydrogen-bond donors (Lipinski definition) is 0. The predicted octanol–water partition coefficient (Wildman–Crippen LogP) is 3.25. The van der Waals surface area contributed by atoms with Crippen LogP contribution in [-0.4, -0.2) is 55.0 Å². The number of amides is 1. The van der Waals surface area contributed by atoms with Gasteiger partial charge in [-0.05, 0) is 31.0 Å². The summed E-state index contributed by atoms with van der Waals surface area (Å²) >= 11 is 0. The minimum absolute atomic E-state index is 0.234. The third-order valence-electron chi connectivity index (χ3n) is 5.02. The van der Waals surface area contributed by atoms with Crippen molar-refractivity contribution in [2.45, 2.75) is 19.9 Å². The molecule has 1 saturated heterocycles. The van der Waals surface area contributed by atoms with Crippen LogP contribution in [0.25, 0.3) is 0 Å². The number of para-hydroxylation sites is 1. The number of carbonyl (C=O) groups is 1. The Morgan fingerprint density at radius 2 is 1.62 bits per heavy atom. The number of rotatable bonds is 6. The van der Waals surface area contributed by atoms with Crippen molar-refractivity contribution in [2.24, 2.45) is 0 Å². The first-order valence-corrected chi connectivity index (χ1v) is 9.60. The smallest absolute Gasteiger partial charge is 0.242 e. The molecule has 0 aliphatic carbocycles. The van der Waals surface area contributed by atoms with Crippen molar-refractivity contribution in [1.29, 1.82) is 0 Å². The molecule has 2 aromatic carbocycles. The van der Waals surface area contributed by atoms with Gasteiger partial charge in [0.25, 0.3) is 0 Å². The van der Waals surface area contributed by atoms with Crippen LogP contribution in [0.1, 0.15) is 18.9 Å². The molecule has 0 aromatic heterocycles. The minimum Gasteiger partial charge on any atom is -0.362 e. The fraction of sp³-hybridized carbons (Fsp3) is 0.409. The Bertz CT molecular complexity index is 674. The predicted molar refractivity (Wildman–Crippen MR) is 107 cm³/mol. The third kappa shape index (κ3) is 5.09. The molecular formula is C22H29N3O. The summed E-state index contributed by atoms with van der Waals surface area (Å²) in [5.74, 6) is 0.234. The topological polar surface area (TPSA) is 26.8 Å². The summed E-state index contributed by atoms with van der Waals surface area (Å²) in [5.41, 5.74) is 2.46. The normalized spacial score (nSPS) is 15.5. The molecule has 1 aliphatic rings. The summed E-state index contributed by atoms with van der Waals surface area (Å²) in [6.07, 6.45) is 1.04. The lowest BCUT2D eigenvalue weighted by Gasteiger charge is -2.27. The van der Waals surface area contributed by atoms with Crippen molar-refractivity contribution in [3.8, 4) is 0 Å². The van der Waals surface area contributed by atoms with Crippen LogP contribution in [0.5, 0.6) is 0 Å². The van der Waals surface area contributed by atoms with Gasteiger partial charge in [-0.25, -0.2) is 0 Å². The van der Waals surface area contributed by atoms with Crippen molar-refractivity contribution >= 4 is 11.6 Å². The second kappa shape index (κ2) is 9.39. The van der Waals surface area contributed by atoms with Crippen LogP contribution < -0.4 is 4.90 Å². The lowest BCUT2D eigenvalue weighted by Crippen LogP contribution is -2.42. The van der Waals surface area contributed by atoms with E-state index < -0.39 is 0 Å². The van der Waals surface area contributed by atoms with Crippen molar-refractivity contribution in [2.75, 3.05) is 44.2 Å². The Morgan fingerprint density at radius 1 is 0.923 bits per heavy atom. The average Bonchev–Trinajstić information content (AvgIpc) is 2.93. The quantitative estimate of drug-likeness (QED) is 0.799. The molecule has 0 atom stereocenters. The second-order valence-corrected chi connectivity index (χ2v) is 6.85. The first-order chi connectivity index (χ1) is 12.8. The summed E-state index contributed by atoms with van der Waals surface area (Å²) < 4.78 is 0. The molecule has 3 rings (SSSR count). The summed E-state index contributed by atoms with van der Waals surface area (Å²) in [6.45, 7) is 8.03. The lowest BCUT2D eigenvalue weighted by molar-refractivity contribution is -0.129. The largest absolute Gasteiger partial charge is 0.362 e. The van der Waals surface area contributed by atoms with E-state index in [1.807, 2.05) is 23.1 Å². The highest BCUT2D eigenvalue weighted by Gasteiger charge is 2.21. The van der Waals surface area contributed by atoms with Gasteiger partial charge in [-0.3, -0.25) is 9.69 Å². The summed E-state index contributed by atoms with van der Waals surface area (Å²) in [4.78, 5) is 19.5. The Balaban J connectivity index is 1.54. The van der Waals surface area contributed by atoms with Gasteiger partial charge in [-0.1, -0.05) is 48.5 Å². The molecule has 0 N–H and O–H groups in total. The molecule has 0 spiro atoms. The highest BCUT2D eigenvalue weighted by atomic mass is 16.2. The maximum atomic E-state index is 12.8. The fourth-order valence-corrected chi connectivity index (χ4v) is 3.51. The van der Waals surface area contributed by atoms with Crippen LogP contribution in [0, 0.1) is 0 Å². The van der Waals surface area contributed by atoms with Crippen molar-refractivity contribution in [3.63, 3.8) is 0 Å². The molecule has 0 radical (unpaired) electrons. The van der Waals surface area contributed by atoms with Crippen molar-refractivity contribution in [1.82, 2.24) is 9.80 Å². The van der Waals surface area contributed by atoms with Gasteiger partial charge in [0, 0.05) is 45.0 Å². The van der Waals surface area contributed by atoms with E-state index in [1.54, 1.807) is 0 Å². The number of hydrogen-bond acceptors (Lipinski definition) is 3. The van der Waals surface area contributed by atoms with Gasteiger partial charge < -0.3 is 9.80 Å². The lowest BCUT2D eigenvalue weighted by atomic mass is 10.2. The molecule has 0 bridgehead atoms. The van der Waals surface area contributed by atoms with Gasteiger partial charge >= 0.3 is 0 Å². The summed E-state index contributed by atoms with van der Waals surface area (Å²) in [6, 6.07) is 20.8. The molecule has 2 aromatic rings. The molecule has 4 heteroatoms. The van der Waals surface area contributed by atoms with Crippen LogP contribution in [0.3, 0.4) is 0 Å². The molecule has 1 fully saturated rings. The highest BCUT2D eigenvalue weighted by Crippen LogP contribution is 2.14. The van der Waals surface area contributed by atoms with Crippen LogP contribution in [0.2, 0.25) is 0 Å². The first-order valence-electron chi connectivity index (χ1n) is 9.60. The zero-order chi connectivity index (χ0) is 18.2. The number of benzene rings is 2. The fourth-order valence-electron chi connectivity index (χ4n) is 3.51. The zero-order valence-electron chi connectivity index (χ0n) is 15.7. The van der Waals surface area contributed by atoms with Gasteiger partial charge in [0.1, 0.15) is 0 Å². The monoisotopic (exact) mass is 351 g/mol. The van der Waals surface area contributed by atoms with Gasteiger partial charge in [-0.15, -0.1) is 0 Å². The van der Waals surface area contributed by atoms with E-state index in [-0.39, 0.29) is 5.91 Å². The number of nitrogens with zero attached hydrogens (tertiary/aromatic N) is 3. The Hall–Kier alpha value is -2.33. The van der Waals surface area contributed by atoms with Crippen LogP contribution in [-0.2, 0) is 11.3 Å². The Kier molecular flexibility index (Phi) is 6.67. The maximum absolute atomic E-state index is 12.8.